The molecule has 0 amide bonds. The van der Waals surface area contributed by atoms with Gasteiger partial charge in [-0.3, -0.25) is 9.97 Å². The van der Waals surface area contributed by atoms with E-state index in [1.54, 1.807) is 30.9 Å². The van der Waals surface area contributed by atoms with Crippen molar-refractivity contribution in [3.8, 4) is 22.6 Å². The van der Waals surface area contributed by atoms with Gasteiger partial charge < -0.3 is 5.73 Å². The second-order valence-electron chi connectivity index (χ2n) is 3.98. The van der Waals surface area contributed by atoms with Crippen LogP contribution in [0.15, 0.2) is 55.1 Å². The van der Waals surface area contributed by atoms with Crippen molar-refractivity contribution < 1.29 is 0 Å². The molecule has 0 aromatic carbocycles. The molecule has 0 saturated carbocycles. The second kappa shape index (κ2) is 4.81. The van der Waals surface area contributed by atoms with Gasteiger partial charge in [0.25, 0.3) is 0 Å². The van der Waals surface area contributed by atoms with E-state index in [2.05, 4.69) is 19.9 Å². The zero-order chi connectivity index (χ0) is 13.1. The highest BCUT2D eigenvalue weighted by atomic mass is 14.9. The SMILES string of the molecule is Nc1cc(-c2cccnc2)nc(-c2ccncc2)n1. The van der Waals surface area contributed by atoms with E-state index in [0.717, 1.165) is 16.8 Å². The molecular formula is C14H11N5. The van der Waals surface area contributed by atoms with Crippen LogP contribution in [0.1, 0.15) is 0 Å². The van der Waals surface area contributed by atoms with Crippen LogP contribution < -0.4 is 5.73 Å². The van der Waals surface area contributed by atoms with Crippen molar-refractivity contribution in [1.29, 1.82) is 0 Å². The summed E-state index contributed by atoms with van der Waals surface area (Å²) in [6.45, 7) is 0. The van der Waals surface area contributed by atoms with E-state index in [0.29, 0.717) is 11.6 Å². The lowest BCUT2D eigenvalue weighted by atomic mass is 10.2. The van der Waals surface area contributed by atoms with Gasteiger partial charge in [-0.1, -0.05) is 0 Å². The molecule has 92 valence electrons. The summed E-state index contributed by atoms with van der Waals surface area (Å²) in [5.41, 5.74) is 8.39. The lowest BCUT2D eigenvalue weighted by Gasteiger charge is -2.05. The van der Waals surface area contributed by atoms with Crippen LogP contribution in [0.5, 0.6) is 0 Å². The molecule has 0 atom stereocenters. The highest BCUT2D eigenvalue weighted by Gasteiger charge is 2.06. The number of rotatable bonds is 2. The summed E-state index contributed by atoms with van der Waals surface area (Å²) in [6, 6.07) is 9.23. The van der Waals surface area contributed by atoms with Crippen LogP contribution in [0.2, 0.25) is 0 Å². The molecule has 5 heteroatoms. The lowest BCUT2D eigenvalue weighted by molar-refractivity contribution is 1.17. The third kappa shape index (κ3) is 2.40. The van der Waals surface area contributed by atoms with Gasteiger partial charge in [-0.05, 0) is 24.3 Å². The largest absolute Gasteiger partial charge is 0.384 e. The first kappa shape index (κ1) is 11.3. The van der Waals surface area contributed by atoms with E-state index in [9.17, 15) is 0 Å². The molecule has 0 unspecified atom stereocenters. The van der Waals surface area contributed by atoms with Crippen molar-refractivity contribution in [2.24, 2.45) is 0 Å². The highest BCUT2D eigenvalue weighted by molar-refractivity contribution is 5.65. The molecule has 3 aromatic heterocycles. The summed E-state index contributed by atoms with van der Waals surface area (Å²) in [4.78, 5) is 16.8. The van der Waals surface area contributed by atoms with Gasteiger partial charge in [0, 0.05) is 42.0 Å². The van der Waals surface area contributed by atoms with Crippen LogP contribution in [0, 0.1) is 0 Å². The number of aromatic nitrogens is 4. The van der Waals surface area contributed by atoms with Crippen LogP contribution in [0.25, 0.3) is 22.6 Å². The maximum atomic E-state index is 5.85. The molecule has 0 aliphatic carbocycles. The van der Waals surface area contributed by atoms with E-state index in [1.807, 2.05) is 24.3 Å². The van der Waals surface area contributed by atoms with Crippen LogP contribution in [-0.2, 0) is 0 Å². The fourth-order valence-corrected chi connectivity index (χ4v) is 1.76. The van der Waals surface area contributed by atoms with E-state index >= 15 is 0 Å². The zero-order valence-corrected chi connectivity index (χ0v) is 10.1. The monoisotopic (exact) mass is 249 g/mol. The van der Waals surface area contributed by atoms with E-state index in [1.165, 1.54) is 0 Å². The summed E-state index contributed by atoms with van der Waals surface area (Å²) in [6.07, 6.45) is 6.87. The summed E-state index contributed by atoms with van der Waals surface area (Å²) in [7, 11) is 0. The Balaban J connectivity index is 2.12. The molecule has 0 saturated heterocycles. The Hall–Kier alpha value is -2.82. The van der Waals surface area contributed by atoms with Gasteiger partial charge in [-0.2, -0.15) is 0 Å². The number of nitrogens with two attached hydrogens (primary N) is 1. The number of hydrogen-bond acceptors (Lipinski definition) is 5. The number of anilines is 1. The molecule has 0 aliphatic rings. The van der Waals surface area contributed by atoms with Gasteiger partial charge in [-0.15, -0.1) is 0 Å². The third-order valence-electron chi connectivity index (χ3n) is 2.64. The predicted molar refractivity (Wildman–Crippen MR) is 72.9 cm³/mol. The zero-order valence-electron chi connectivity index (χ0n) is 10.1. The van der Waals surface area contributed by atoms with Crippen molar-refractivity contribution in [2.75, 3.05) is 5.73 Å². The Kier molecular flexibility index (Phi) is 2.86. The summed E-state index contributed by atoms with van der Waals surface area (Å²) >= 11 is 0. The quantitative estimate of drug-likeness (QED) is 0.753. The average Bonchev–Trinajstić information content (AvgIpc) is 2.48. The molecule has 0 aliphatic heterocycles. The van der Waals surface area contributed by atoms with Crippen LogP contribution in [0.4, 0.5) is 5.82 Å². The van der Waals surface area contributed by atoms with Gasteiger partial charge in [0.05, 0.1) is 5.69 Å². The maximum absolute atomic E-state index is 5.85. The topological polar surface area (TPSA) is 77.6 Å². The minimum absolute atomic E-state index is 0.431. The number of nitrogens with zero attached hydrogens (tertiary/aromatic N) is 4. The standard InChI is InChI=1S/C14H11N5/c15-13-8-12(11-2-1-5-17-9-11)18-14(19-13)10-3-6-16-7-4-10/h1-9H,(H2,15,18,19). The maximum Gasteiger partial charge on any atom is 0.162 e. The second-order valence-corrected chi connectivity index (χ2v) is 3.98. The van der Waals surface area contributed by atoms with Crippen LogP contribution in [0.3, 0.4) is 0 Å². The molecule has 3 rings (SSSR count). The Labute approximate surface area is 110 Å². The molecule has 0 bridgehead atoms. The summed E-state index contributed by atoms with van der Waals surface area (Å²) < 4.78 is 0. The first-order chi connectivity index (χ1) is 9.33. The molecule has 0 fully saturated rings. The molecule has 0 radical (unpaired) electrons. The Morgan fingerprint density at radius 1 is 0.842 bits per heavy atom. The fourth-order valence-electron chi connectivity index (χ4n) is 1.76. The molecular weight excluding hydrogens is 238 g/mol. The normalized spacial score (nSPS) is 10.3. The average molecular weight is 249 g/mol. The van der Waals surface area contributed by atoms with Gasteiger partial charge in [0.2, 0.25) is 0 Å². The Morgan fingerprint density at radius 3 is 2.42 bits per heavy atom. The molecule has 3 heterocycles. The first-order valence-electron chi connectivity index (χ1n) is 5.78. The van der Waals surface area contributed by atoms with E-state index in [4.69, 9.17) is 5.73 Å². The highest BCUT2D eigenvalue weighted by Crippen LogP contribution is 2.22. The van der Waals surface area contributed by atoms with Crippen molar-refractivity contribution in [3.63, 3.8) is 0 Å². The summed E-state index contributed by atoms with van der Waals surface area (Å²) in [5, 5.41) is 0. The number of pyridine rings is 2. The van der Waals surface area contributed by atoms with Gasteiger partial charge >= 0.3 is 0 Å². The summed E-state index contributed by atoms with van der Waals surface area (Å²) in [5.74, 6) is 1.02. The smallest absolute Gasteiger partial charge is 0.162 e. The van der Waals surface area contributed by atoms with Crippen LogP contribution in [-0.4, -0.2) is 19.9 Å². The van der Waals surface area contributed by atoms with Gasteiger partial charge in [0.15, 0.2) is 5.82 Å². The van der Waals surface area contributed by atoms with Crippen molar-refractivity contribution >= 4 is 5.82 Å². The molecule has 0 spiro atoms. The predicted octanol–water partition coefficient (Wildman–Crippen LogP) is 2.18. The van der Waals surface area contributed by atoms with E-state index < -0.39 is 0 Å². The molecule has 3 aromatic rings. The van der Waals surface area contributed by atoms with Gasteiger partial charge in [0.1, 0.15) is 5.82 Å². The molecule has 2 N–H and O–H groups in total. The third-order valence-corrected chi connectivity index (χ3v) is 2.64. The van der Waals surface area contributed by atoms with Crippen LogP contribution >= 0.6 is 0 Å². The Morgan fingerprint density at radius 2 is 1.68 bits per heavy atom. The minimum atomic E-state index is 0.431. The number of hydrogen-bond donors (Lipinski definition) is 1. The minimum Gasteiger partial charge on any atom is -0.384 e. The Bertz CT molecular complexity index is 625. The van der Waals surface area contributed by atoms with Crippen molar-refractivity contribution in [2.45, 2.75) is 0 Å². The number of nitrogen functional groups attached to an aromatic ring is 1. The van der Waals surface area contributed by atoms with E-state index in [-0.39, 0.29) is 0 Å². The van der Waals surface area contributed by atoms with Gasteiger partial charge in [-0.25, -0.2) is 9.97 Å². The lowest BCUT2D eigenvalue weighted by Crippen LogP contribution is -1.98. The molecule has 19 heavy (non-hydrogen) atoms. The van der Waals surface area contributed by atoms with Crippen molar-refractivity contribution in [3.05, 3.63) is 55.1 Å². The first-order valence-corrected chi connectivity index (χ1v) is 5.78. The molecule has 5 nitrogen and oxygen atoms in total. The van der Waals surface area contributed by atoms with Crippen molar-refractivity contribution in [1.82, 2.24) is 19.9 Å². The fraction of sp³-hybridized carbons (Fsp3) is 0.